The van der Waals surface area contributed by atoms with Crippen molar-refractivity contribution in [2.75, 3.05) is 45.8 Å². The molecule has 2 saturated heterocycles. The van der Waals surface area contributed by atoms with Crippen molar-refractivity contribution in [3.8, 4) is 0 Å². The van der Waals surface area contributed by atoms with Crippen LogP contribution in [0.4, 0.5) is 0 Å². The van der Waals surface area contributed by atoms with Gasteiger partial charge in [-0.15, -0.1) is 0 Å². The predicted octanol–water partition coefficient (Wildman–Crippen LogP) is 2.76. The van der Waals surface area contributed by atoms with Gasteiger partial charge >= 0.3 is 0 Å². The lowest BCUT2D eigenvalue weighted by Gasteiger charge is -2.23. The molecule has 138 valence electrons. The Balaban J connectivity index is 1.51. The second-order valence-electron chi connectivity index (χ2n) is 7.46. The summed E-state index contributed by atoms with van der Waals surface area (Å²) in [6.45, 7) is 13.6. The summed E-state index contributed by atoms with van der Waals surface area (Å²) >= 11 is 0. The minimum atomic E-state index is 0.691. The summed E-state index contributed by atoms with van der Waals surface area (Å²) in [6, 6.07) is 3.96. The highest BCUT2D eigenvalue weighted by molar-refractivity contribution is 5.80. The molecule has 2 aliphatic rings. The van der Waals surface area contributed by atoms with E-state index in [9.17, 15) is 0 Å². The number of likely N-dealkylation sites (tertiary alicyclic amines) is 2. The van der Waals surface area contributed by atoms with Crippen LogP contribution in [0.5, 0.6) is 0 Å². The summed E-state index contributed by atoms with van der Waals surface area (Å²) in [5, 5.41) is 3.53. The molecule has 3 heterocycles. The van der Waals surface area contributed by atoms with Crippen LogP contribution in [0.15, 0.2) is 40.0 Å². The van der Waals surface area contributed by atoms with E-state index in [0.717, 1.165) is 49.3 Å². The lowest BCUT2D eigenvalue weighted by Crippen LogP contribution is -2.41. The van der Waals surface area contributed by atoms with Crippen molar-refractivity contribution >= 4 is 5.96 Å². The van der Waals surface area contributed by atoms with Crippen molar-refractivity contribution in [1.82, 2.24) is 15.1 Å². The third-order valence-corrected chi connectivity index (χ3v) is 5.03. The molecule has 0 aromatic carbocycles. The molecule has 2 aliphatic heterocycles. The van der Waals surface area contributed by atoms with Crippen LogP contribution < -0.4 is 5.32 Å². The van der Waals surface area contributed by atoms with E-state index in [1.807, 2.05) is 19.1 Å². The van der Waals surface area contributed by atoms with Gasteiger partial charge in [0, 0.05) is 32.6 Å². The van der Waals surface area contributed by atoms with Gasteiger partial charge in [0.25, 0.3) is 0 Å². The van der Waals surface area contributed by atoms with Crippen LogP contribution in [-0.4, -0.2) is 61.6 Å². The van der Waals surface area contributed by atoms with Crippen molar-refractivity contribution < 1.29 is 4.42 Å². The van der Waals surface area contributed by atoms with Gasteiger partial charge < -0.3 is 19.5 Å². The third-order valence-electron chi connectivity index (χ3n) is 5.03. The smallest absolute Gasteiger partial charge is 0.194 e. The van der Waals surface area contributed by atoms with Gasteiger partial charge in [0.05, 0.1) is 12.8 Å². The Morgan fingerprint density at radius 1 is 1.36 bits per heavy atom. The van der Waals surface area contributed by atoms with Crippen molar-refractivity contribution in [1.29, 1.82) is 0 Å². The maximum atomic E-state index is 5.42. The first-order chi connectivity index (χ1) is 12.2. The zero-order valence-corrected chi connectivity index (χ0v) is 15.5. The highest BCUT2D eigenvalue weighted by Gasteiger charge is 2.27. The van der Waals surface area contributed by atoms with E-state index in [-0.39, 0.29) is 0 Å². The Morgan fingerprint density at radius 2 is 2.20 bits per heavy atom. The molecule has 1 aromatic rings. The molecule has 0 aliphatic carbocycles. The van der Waals surface area contributed by atoms with Crippen molar-refractivity contribution in [2.24, 2.45) is 10.9 Å². The number of nitrogens with one attached hydrogen (secondary N) is 1. The van der Waals surface area contributed by atoms with Crippen LogP contribution in [-0.2, 0) is 6.42 Å². The van der Waals surface area contributed by atoms with Crippen LogP contribution >= 0.6 is 0 Å². The SMILES string of the molecule is C=C(C)CN=C(NCCc1ccco1)N1CCC(CN2CCCC2)C1. The normalized spacial score (nSPS) is 21.9. The summed E-state index contributed by atoms with van der Waals surface area (Å²) in [4.78, 5) is 9.83. The van der Waals surface area contributed by atoms with E-state index < -0.39 is 0 Å². The van der Waals surface area contributed by atoms with Crippen LogP contribution in [0, 0.1) is 5.92 Å². The second-order valence-corrected chi connectivity index (χ2v) is 7.46. The van der Waals surface area contributed by atoms with Crippen molar-refractivity contribution in [3.05, 3.63) is 36.3 Å². The minimum absolute atomic E-state index is 0.691. The molecule has 1 unspecified atom stereocenters. The number of furan rings is 1. The molecule has 1 aromatic heterocycles. The molecule has 1 N–H and O–H groups in total. The zero-order chi connectivity index (χ0) is 17.5. The van der Waals surface area contributed by atoms with E-state index in [0.29, 0.717) is 6.54 Å². The summed E-state index contributed by atoms with van der Waals surface area (Å²) < 4.78 is 5.42. The van der Waals surface area contributed by atoms with Gasteiger partial charge in [-0.05, 0) is 57.3 Å². The largest absolute Gasteiger partial charge is 0.469 e. The lowest BCUT2D eigenvalue weighted by molar-refractivity contribution is 0.281. The maximum Gasteiger partial charge on any atom is 0.194 e. The molecule has 0 amide bonds. The average molecular weight is 345 g/mol. The molecule has 5 nitrogen and oxygen atoms in total. The van der Waals surface area contributed by atoms with Gasteiger partial charge in [-0.25, -0.2) is 4.99 Å². The van der Waals surface area contributed by atoms with Gasteiger partial charge in [0.15, 0.2) is 5.96 Å². The molecular weight excluding hydrogens is 312 g/mol. The molecule has 0 spiro atoms. The Bertz CT molecular complexity index is 560. The third kappa shape index (κ3) is 5.63. The molecule has 0 bridgehead atoms. The van der Waals surface area contributed by atoms with E-state index in [2.05, 4.69) is 21.7 Å². The quantitative estimate of drug-likeness (QED) is 0.469. The van der Waals surface area contributed by atoms with Gasteiger partial charge in [0.2, 0.25) is 0 Å². The molecule has 5 heteroatoms. The number of hydrogen-bond acceptors (Lipinski definition) is 3. The van der Waals surface area contributed by atoms with Gasteiger partial charge in [-0.2, -0.15) is 0 Å². The standard InChI is InChI=1S/C20H32N4O/c1-17(2)14-22-20(21-9-7-19-6-5-13-25-19)24-12-8-18(16-24)15-23-10-3-4-11-23/h5-6,13,18H,1,3-4,7-12,14-16H2,2H3,(H,21,22). The number of rotatable bonds is 7. The Kier molecular flexibility index (Phi) is 6.56. The van der Waals surface area contributed by atoms with Crippen LogP contribution in [0.25, 0.3) is 0 Å². The summed E-state index contributed by atoms with van der Waals surface area (Å²) in [7, 11) is 0. The Morgan fingerprint density at radius 3 is 2.92 bits per heavy atom. The van der Waals surface area contributed by atoms with E-state index in [4.69, 9.17) is 9.41 Å². The molecule has 3 rings (SSSR count). The fraction of sp³-hybridized carbons (Fsp3) is 0.650. The summed E-state index contributed by atoms with van der Waals surface area (Å²) in [5.41, 5.74) is 1.10. The molecule has 2 fully saturated rings. The fourth-order valence-electron chi connectivity index (χ4n) is 3.73. The van der Waals surface area contributed by atoms with Gasteiger partial charge in [-0.1, -0.05) is 12.2 Å². The fourth-order valence-corrected chi connectivity index (χ4v) is 3.73. The van der Waals surface area contributed by atoms with Crippen LogP contribution in [0.3, 0.4) is 0 Å². The summed E-state index contributed by atoms with van der Waals surface area (Å²) in [5.74, 6) is 2.80. The van der Waals surface area contributed by atoms with Gasteiger partial charge in [0.1, 0.15) is 5.76 Å². The predicted molar refractivity (Wildman–Crippen MR) is 103 cm³/mol. The topological polar surface area (TPSA) is 44.0 Å². The molecule has 1 atom stereocenters. The molecule has 25 heavy (non-hydrogen) atoms. The van der Waals surface area contributed by atoms with E-state index >= 15 is 0 Å². The first kappa shape index (κ1) is 18.1. The highest BCUT2D eigenvalue weighted by Crippen LogP contribution is 2.20. The lowest BCUT2D eigenvalue weighted by atomic mass is 10.1. The minimum Gasteiger partial charge on any atom is -0.469 e. The van der Waals surface area contributed by atoms with Gasteiger partial charge in [-0.3, -0.25) is 0 Å². The first-order valence-corrected chi connectivity index (χ1v) is 9.63. The highest BCUT2D eigenvalue weighted by atomic mass is 16.3. The van der Waals surface area contributed by atoms with E-state index in [1.165, 1.54) is 38.9 Å². The molecular formula is C20H32N4O. The van der Waals surface area contributed by atoms with Crippen molar-refractivity contribution in [2.45, 2.75) is 32.6 Å². The Labute approximate surface area is 151 Å². The number of guanidine groups is 1. The maximum absolute atomic E-state index is 5.42. The summed E-state index contributed by atoms with van der Waals surface area (Å²) in [6.07, 6.45) is 6.62. The Hall–Kier alpha value is -1.75. The number of aliphatic imine (C=N–C) groups is 1. The van der Waals surface area contributed by atoms with Crippen LogP contribution in [0.2, 0.25) is 0 Å². The number of nitrogens with zero attached hydrogens (tertiary/aromatic N) is 3. The van der Waals surface area contributed by atoms with Crippen LogP contribution in [0.1, 0.15) is 31.9 Å². The monoisotopic (exact) mass is 344 g/mol. The second kappa shape index (κ2) is 9.09. The van der Waals surface area contributed by atoms with E-state index in [1.54, 1.807) is 6.26 Å². The molecule has 0 saturated carbocycles. The number of hydrogen-bond donors (Lipinski definition) is 1. The zero-order valence-electron chi connectivity index (χ0n) is 15.5. The molecule has 0 radical (unpaired) electrons. The van der Waals surface area contributed by atoms with Crippen molar-refractivity contribution in [3.63, 3.8) is 0 Å². The average Bonchev–Trinajstić information content (AvgIpc) is 3.33. The first-order valence-electron chi connectivity index (χ1n) is 9.63.